The van der Waals surface area contributed by atoms with Crippen LogP contribution in [0, 0.1) is 27.7 Å². The lowest BCUT2D eigenvalue weighted by Crippen LogP contribution is -2.15. The largest absolute Gasteiger partial charge is 0.370 e. The van der Waals surface area contributed by atoms with Crippen LogP contribution in [0.1, 0.15) is 28.5 Å². The van der Waals surface area contributed by atoms with E-state index in [0.717, 1.165) is 34.1 Å². The Labute approximate surface area is 133 Å². The predicted octanol–water partition coefficient (Wildman–Crippen LogP) is 1.70. The number of hydrogen-bond acceptors (Lipinski definition) is 5. The summed E-state index contributed by atoms with van der Waals surface area (Å²) >= 11 is 0. The first-order valence-electron chi connectivity index (χ1n) is 7.58. The molecule has 23 heavy (non-hydrogen) atoms. The summed E-state index contributed by atoms with van der Waals surface area (Å²) in [5.74, 6) is 1.53. The molecule has 0 bridgehead atoms. The summed E-state index contributed by atoms with van der Waals surface area (Å²) in [6.07, 6.45) is 0.660. The number of H-pyrrole nitrogens is 1. The van der Waals surface area contributed by atoms with Crippen molar-refractivity contribution in [3.05, 3.63) is 51.0 Å². The molecule has 3 rings (SSSR count). The Bertz CT molecular complexity index is 924. The molecular weight excluding hydrogens is 292 g/mol. The van der Waals surface area contributed by atoms with Gasteiger partial charge in [-0.15, -0.1) is 0 Å². The topological polar surface area (TPSA) is 88.0 Å². The summed E-state index contributed by atoms with van der Waals surface area (Å²) < 4.78 is 1.83. The molecule has 0 atom stereocenters. The van der Waals surface area contributed by atoms with Gasteiger partial charge in [0.2, 0.25) is 0 Å². The van der Waals surface area contributed by atoms with Crippen molar-refractivity contribution >= 4 is 11.5 Å². The number of fused-ring (bicyclic) bond motifs is 1. The van der Waals surface area contributed by atoms with E-state index >= 15 is 0 Å². The maximum atomic E-state index is 11.5. The fourth-order valence-electron chi connectivity index (χ4n) is 2.56. The Morgan fingerprint density at radius 1 is 1.17 bits per heavy atom. The van der Waals surface area contributed by atoms with E-state index < -0.39 is 0 Å². The van der Waals surface area contributed by atoms with Gasteiger partial charge in [0.15, 0.2) is 5.65 Å². The van der Waals surface area contributed by atoms with E-state index in [2.05, 4.69) is 25.4 Å². The van der Waals surface area contributed by atoms with Crippen molar-refractivity contribution in [1.82, 2.24) is 24.6 Å². The van der Waals surface area contributed by atoms with Crippen LogP contribution in [0.4, 0.5) is 5.82 Å². The lowest BCUT2D eigenvalue weighted by atomic mass is 10.3. The van der Waals surface area contributed by atoms with Crippen LogP contribution in [-0.4, -0.2) is 31.1 Å². The molecular formula is C16H20N6O. The summed E-state index contributed by atoms with van der Waals surface area (Å²) in [5.41, 5.74) is 4.52. The van der Waals surface area contributed by atoms with Gasteiger partial charge >= 0.3 is 0 Å². The highest BCUT2D eigenvalue weighted by atomic mass is 16.1. The zero-order valence-corrected chi connectivity index (χ0v) is 13.8. The minimum Gasteiger partial charge on any atom is -0.370 e. The second-order valence-corrected chi connectivity index (χ2v) is 5.73. The smallest absolute Gasteiger partial charge is 0.251 e. The number of aromatic nitrogens is 5. The molecule has 3 heterocycles. The van der Waals surface area contributed by atoms with Crippen molar-refractivity contribution in [1.29, 1.82) is 0 Å². The highest BCUT2D eigenvalue weighted by Crippen LogP contribution is 2.18. The Morgan fingerprint density at radius 3 is 2.70 bits per heavy atom. The average molecular weight is 312 g/mol. The molecule has 0 aliphatic heterocycles. The molecule has 2 N–H and O–H groups in total. The maximum Gasteiger partial charge on any atom is 0.251 e. The van der Waals surface area contributed by atoms with Gasteiger partial charge in [-0.25, -0.2) is 9.97 Å². The van der Waals surface area contributed by atoms with Gasteiger partial charge in [0.05, 0.1) is 5.69 Å². The quantitative estimate of drug-likeness (QED) is 0.765. The van der Waals surface area contributed by atoms with Crippen LogP contribution in [0.25, 0.3) is 5.65 Å². The molecule has 3 aromatic heterocycles. The van der Waals surface area contributed by atoms with Gasteiger partial charge in [-0.3, -0.25) is 4.79 Å². The minimum atomic E-state index is -0.118. The number of hydrogen-bond donors (Lipinski definition) is 2. The first-order valence-corrected chi connectivity index (χ1v) is 7.58. The van der Waals surface area contributed by atoms with Crippen LogP contribution >= 0.6 is 0 Å². The van der Waals surface area contributed by atoms with Crippen LogP contribution in [0.5, 0.6) is 0 Å². The Hall–Kier alpha value is -2.70. The van der Waals surface area contributed by atoms with E-state index in [-0.39, 0.29) is 5.56 Å². The molecule has 120 valence electrons. The van der Waals surface area contributed by atoms with Crippen LogP contribution < -0.4 is 10.9 Å². The van der Waals surface area contributed by atoms with Crippen LogP contribution in [-0.2, 0) is 6.42 Å². The number of rotatable bonds is 4. The molecule has 0 spiro atoms. The molecule has 0 unspecified atom stereocenters. The zero-order valence-electron chi connectivity index (χ0n) is 13.8. The van der Waals surface area contributed by atoms with E-state index in [1.807, 2.05) is 31.4 Å². The number of aryl methyl sites for hydroxylation is 4. The van der Waals surface area contributed by atoms with Gasteiger partial charge in [-0.2, -0.15) is 9.61 Å². The summed E-state index contributed by atoms with van der Waals surface area (Å²) in [6.45, 7) is 8.41. The normalized spacial score (nSPS) is 11.1. The molecule has 0 aliphatic rings. The Morgan fingerprint density at radius 2 is 1.96 bits per heavy atom. The van der Waals surface area contributed by atoms with Crippen molar-refractivity contribution in [2.24, 2.45) is 0 Å². The predicted molar refractivity (Wildman–Crippen MR) is 89.0 cm³/mol. The highest BCUT2D eigenvalue weighted by molar-refractivity contribution is 5.55. The van der Waals surface area contributed by atoms with Gasteiger partial charge in [0.25, 0.3) is 5.56 Å². The third-order valence-corrected chi connectivity index (χ3v) is 3.79. The summed E-state index contributed by atoms with van der Waals surface area (Å²) in [6, 6.07) is 3.50. The third kappa shape index (κ3) is 3.08. The van der Waals surface area contributed by atoms with Gasteiger partial charge in [0, 0.05) is 42.0 Å². The SMILES string of the molecule is Cc1cc(NCCc2cc(=O)[nH]c(C)n2)n2nc(C)c(C)c2n1. The first kappa shape index (κ1) is 15.2. The van der Waals surface area contributed by atoms with Crippen molar-refractivity contribution in [2.75, 3.05) is 11.9 Å². The van der Waals surface area contributed by atoms with Crippen LogP contribution in [0.3, 0.4) is 0 Å². The number of nitrogens with zero attached hydrogens (tertiary/aromatic N) is 4. The van der Waals surface area contributed by atoms with Crippen molar-refractivity contribution in [3.63, 3.8) is 0 Å². The minimum absolute atomic E-state index is 0.118. The van der Waals surface area contributed by atoms with Crippen molar-refractivity contribution < 1.29 is 0 Å². The van der Waals surface area contributed by atoms with Gasteiger partial charge < -0.3 is 10.3 Å². The Kier molecular flexibility index (Phi) is 3.85. The standard InChI is InChI=1S/C16H20N6O/c1-9-7-14(22-16(18-9)10(2)11(3)21-22)17-6-5-13-8-15(23)20-12(4)19-13/h7-8,17H,5-6H2,1-4H3,(H,19,20,23). The molecule has 0 amide bonds. The second kappa shape index (κ2) is 5.83. The lowest BCUT2D eigenvalue weighted by molar-refractivity contribution is 0.868. The zero-order chi connectivity index (χ0) is 16.6. The van der Waals surface area contributed by atoms with E-state index in [0.29, 0.717) is 18.8 Å². The molecule has 0 saturated carbocycles. The van der Waals surface area contributed by atoms with E-state index in [1.165, 1.54) is 6.07 Å². The van der Waals surface area contributed by atoms with Crippen LogP contribution in [0.2, 0.25) is 0 Å². The number of anilines is 1. The van der Waals surface area contributed by atoms with Gasteiger partial charge in [0.1, 0.15) is 11.6 Å². The van der Waals surface area contributed by atoms with Gasteiger partial charge in [-0.05, 0) is 27.7 Å². The monoisotopic (exact) mass is 312 g/mol. The van der Waals surface area contributed by atoms with Crippen LogP contribution in [0.15, 0.2) is 16.9 Å². The molecule has 3 aromatic rings. The molecule has 0 aromatic carbocycles. The molecule has 0 aliphatic carbocycles. The Balaban J connectivity index is 1.82. The molecule has 7 heteroatoms. The lowest BCUT2D eigenvalue weighted by Gasteiger charge is -2.09. The van der Waals surface area contributed by atoms with E-state index in [9.17, 15) is 4.79 Å². The fourth-order valence-corrected chi connectivity index (χ4v) is 2.56. The highest BCUT2D eigenvalue weighted by Gasteiger charge is 2.10. The number of nitrogens with one attached hydrogen (secondary N) is 2. The molecule has 0 radical (unpaired) electrons. The molecule has 0 fully saturated rings. The average Bonchev–Trinajstić information content (AvgIpc) is 2.74. The van der Waals surface area contributed by atoms with E-state index in [4.69, 9.17) is 0 Å². The van der Waals surface area contributed by atoms with E-state index in [1.54, 1.807) is 6.92 Å². The third-order valence-electron chi connectivity index (χ3n) is 3.79. The first-order chi connectivity index (χ1) is 10.9. The second-order valence-electron chi connectivity index (χ2n) is 5.73. The number of aromatic amines is 1. The summed E-state index contributed by atoms with van der Waals surface area (Å²) in [5, 5.41) is 7.89. The maximum absolute atomic E-state index is 11.5. The van der Waals surface area contributed by atoms with Crippen molar-refractivity contribution in [2.45, 2.75) is 34.1 Å². The van der Waals surface area contributed by atoms with Crippen molar-refractivity contribution in [3.8, 4) is 0 Å². The summed E-state index contributed by atoms with van der Waals surface area (Å²) in [7, 11) is 0. The fraction of sp³-hybridized carbons (Fsp3) is 0.375. The molecule has 0 saturated heterocycles. The molecule has 7 nitrogen and oxygen atoms in total. The van der Waals surface area contributed by atoms with Gasteiger partial charge in [-0.1, -0.05) is 0 Å². The summed E-state index contributed by atoms with van der Waals surface area (Å²) in [4.78, 5) is 23.0.